The van der Waals surface area contributed by atoms with Crippen molar-refractivity contribution in [1.82, 2.24) is 9.97 Å². The lowest BCUT2D eigenvalue weighted by Crippen LogP contribution is -1.95. The molecule has 2 aromatic rings. The van der Waals surface area contributed by atoms with E-state index < -0.39 is 0 Å². The van der Waals surface area contributed by atoms with Gasteiger partial charge in [-0.1, -0.05) is 12.2 Å². The normalized spacial score (nSPS) is 14.1. The van der Waals surface area contributed by atoms with Gasteiger partial charge in [-0.15, -0.1) is 11.3 Å². The maximum absolute atomic E-state index is 5.33. The van der Waals surface area contributed by atoms with Gasteiger partial charge in [0.25, 0.3) is 0 Å². The molecule has 5 heteroatoms. The van der Waals surface area contributed by atoms with Crippen molar-refractivity contribution in [2.24, 2.45) is 0 Å². The van der Waals surface area contributed by atoms with Gasteiger partial charge in [-0.05, 0) is 41.3 Å². The van der Waals surface area contributed by atoms with Crippen LogP contribution in [0.4, 0.5) is 0 Å². The van der Waals surface area contributed by atoms with Crippen LogP contribution in [0.5, 0.6) is 0 Å². The summed E-state index contributed by atoms with van der Waals surface area (Å²) in [6.45, 7) is 0. The summed E-state index contributed by atoms with van der Waals surface area (Å²) in [5.74, 6) is 0.904. The maximum Gasteiger partial charge on any atom is 0.149 e. The standard InChI is InChI=1S/C11H9BrN2S2/c12-6-4-9(16-5-6)10-13-8-3-1-2-7(8)11(15)14-10/h4-5H,1-3H2,(H,13,14,15). The van der Waals surface area contributed by atoms with Crippen LogP contribution in [0.3, 0.4) is 0 Å². The van der Waals surface area contributed by atoms with E-state index in [9.17, 15) is 0 Å². The van der Waals surface area contributed by atoms with Crippen LogP contribution in [0.2, 0.25) is 0 Å². The molecule has 0 bridgehead atoms. The molecule has 1 N–H and O–H groups in total. The van der Waals surface area contributed by atoms with Crippen LogP contribution in [0.15, 0.2) is 15.9 Å². The summed E-state index contributed by atoms with van der Waals surface area (Å²) >= 11 is 10.5. The number of rotatable bonds is 1. The molecule has 0 spiro atoms. The summed E-state index contributed by atoms with van der Waals surface area (Å²) in [7, 11) is 0. The van der Waals surface area contributed by atoms with Gasteiger partial charge in [0, 0.05) is 21.1 Å². The number of H-pyrrole nitrogens is 1. The van der Waals surface area contributed by atoms with Crippen LogP contribution >= 0.6 is 39.5 Å². The molecule has 0 aliphatic heterocycles. The molecule has 3 rings (SSSR count). The van der Waals surface area contributed by atoms with Crippen molar-refractivity contribution in [3.63, 3.8) is 0 Å². The zero-order chi connectivity index (χ0) is 11.1. The highest BCUT2D eigenvalue weighted by Crippen LogP contribution is 2.29. The fourth-order valence-corrected chi connectivity index (χ4v) is 3.70. The lowest BCUT2D eigenvalue weighted by molar-refractivity contribution is 0.899. The maximum atomic E-state index is 5.33. The van der Waals surface area contributed by atoms with Gasteiger partial charge in [-0.3, -0.25) is 0 Å². The quantitative estimate of drug-likeness (QED) is 0.802. The van der Waals surface area contributed by atoms with Crippen molar-refractivity contribution in [2.45, 2.75) is 19.3 Å². The van der Waals surface area contributed by atoms with Crippen LogP contribution in [0.1, 0.15) is 17.7 Å². The molecule has 2 nitrogen and oxygen atoms in total. The van der Waals surface area contributed by atoms with Crippen molar-refractivity contribution < 1.29 is 0 Å². The van der Waals surface area contributed by atoms with E-state index in [4.69, 9.17) is 12.2 Å². The second-order valence-electron chi connectivity index (χ2n) is 3.83. The first-order chi connectivity index (χ1) is 7.74. The van der Waals surface area contributed by atoms with Gasteiger partial charge in [-0.2, -0.15) is 0 Å². The smallest absolute Gasteiger partial charge is 0.149 e. The third-order valence-electron chi connectivity index (χ3n) is 2.76. The summed E-state index contributed by atoms with van der Waals surface area (Å²) in [5.41, 5.74) is 2.52. The Morgan fingerprint density at radius 2 is 2.31 bits per heavy atom. The molecule has 82 valence electrons. The SMILES string of the molecule is S=c1nc(-c2cc(Br)cs2)[nH]c2c1CCC2. The zero-order valence-electron chi connectivity index (χ0n) is 8.42. The van der Waals surface area contributed by atoms with E-state index in [0.717, 1.165) is 32.7 Å². The average Bonchev–Trinajstić information content (AvgIpc) is 2.85. The van der Waals surface area contributed by atoms with Crippen LogP contribution < -0.4 is 0 Å². The van der Waals surface area contributed by atoms with Crippen LogP contribution in [-0.2, 0) is 12.8 Å². The molecule has 0 radical (unpaired) electrons. The van der Waals surface area contributed by atoms with Gasteiger partial charge in [-0.25, -0.2) is 4.98 Å². The van der Waals surface area contributed by atoms with E-state index >= 15 is 0 Å². The predicted molar refractivity (Wildman–Crippen MR) is 72.5 cm³/mol. The highest BCUT2D eigenvalue weighted by molar-refractivity contribution is 9.10. The first-order valence-electron chi connectivity index (χ1n) is 5.10. The van der Waals surface area contributed by atoms with Gasteiger partial charge in [0.1, 0.15) is 10.5 Å². The second-order valence-corrected chi connectivity index (χ2v) is 6.04. The number of aromatic amines is 1. The number of aryl methyl sites for hydroxylation is 1. The Balaban J connectivity index is 2.16. The zero-order valence-corrected chi connectivity index (χ0v) is 11.6. The van der Waals surface area contributed by atoms with E-state index in [1.54, 1.807) is 11.3 Å². The number of thiophene rings is 1. The first-order valence-corrected chi connectivity index (χ1v) is 7.18. The van der Waals surface area contributed by atoms with E-state index in [2.05, 4.69) is 37.3 Å². The van der Waals surface area contributed by atoms with Crippen molar-refractivity contribution >= 4 is 39.5 Å². The number of nitrogens with zero attached hydrogens (tertiary/aromatic N) is 1. The third kappa shape index (κ3) is 1.77. The van der Waals surface area contributed by atoms with Gasteiger partial charge >= 0.3 is 0 Å². The average molecular weight is 313 g/mol. The predicted octanol–water partition coefficient (Wildman–Crippen LogP) is 4.12. The Morgan fingerprint density at radius 3 is 3.06 bits per heavy atom. The largest absolute Gasteiger partial charge is 0.342 e. The van der Waals surface area contributed by atoms with Crippen molar-refractivity contribution in [2.75, 3.05) is 0 Å². The number of fused-ring (bicyclic) bond motifs is 1. The van der Waals surface area contributed by atoms with Crippen molar-refractivity contribution in [1.29, 1.82) is 0 Å². The monoisotopic (exact) mass is 312 g/mol. The molecule has 16 heavy (non-hydrogen) atoms. The number of halogens is 1. The Morgan fingerprint density at radius 1 is 1.44 bits per heavy atom. The molecule has 0 atom stereocenters. The van der Waals surface area contributed by atoms with Gasteiger partial charge in [0.15, 0.2) is 0 Å². The highest BCUT2D eigenvalue weighted by Gasteiger charge is 2.15. The summed E-state index contributed by atoms with van der Waals surface area (Å²) in [6, 6.07) is 2.07. The van der Waals surface area contributed by atoms with Crippen molar-refractivity contribution in [3.8, 4) is 10.7 Å². The Bertz CT molecular complexity index is 600. The second kappa shape index (κ2) is 4.05. The Hall–Kier alpha value is -0.520. The summed E-state index contributed by atoms with van der Waals surface area (Å²) in [5, 5.41) is 2.06. The summed E-state index contributed by atoms with van der Waals surface area (Å²) in [6.07, 6.45) is 3.36. The lowest BCUT2D eigenvalue weighted by Gasteiger charge is -2.03. The molecule has 1 aliphatic rings. The third-order valence-corrected chi connectivity index (χ3v) is 4.79. The number of aromatic nitrogens is 2. The van der Waals surface area contributed by atoms with Crippen LogP contribution in [0.25, 0.3) is 10.7 Å². The number of nitrogens with one attached hydrogen (secondary N) is 1. The van der Waals surface area contributed by atoms with E-state index in [0.29, 0.717) is 0 Å². The molecule has 0 saturated heterocycles. The van der Waals surface area contributed by atoms with E-state index in [-0.39, 0.29) is 0 Å². The highest BCUT2D eigenvalue weighted by atomic mass is 79.9. The first kappa shape index (κ1) is 10.6. The molecule has 0 amide bonds. The molecule has 2 heterocycles. The molecule has 2 aromatic heterocycles. The van der Waals surface area contributed by atoms with E-state index in [1.165, 1.54) is 17.7 Å². The van der Waals surface area contributed by atoms with Gasteiger partial charge in [0.2, 0.25) is 0 Å². The van der Waals surface area contributed by atoms with Crippen molar-refractivity contribution in [3.05, 3.63) is 31.8 Å². The van der Waals surface area contributed by atoms with Crippen LogP contribution in [-0.4, -0.2) is 9.97 Å². The van der Waals surface area contributed by atoms with E-state index in [1.807, 2.05) is 0 Å². The fourth-order valence-electron chi connectivity index (χ4n) is 2.01. The topological polar surface area (TPSA) is 28.7 Å². The fraction of sp³-hybridized carbons (Fsp3) is 0.273. The minimum atomic E-state index is 0.769. The number of hydrogen-bond acceptors (Lipinski definition) is 3. The lowest BCUT2D eigenvalue weighted by atomic mass is 10.2. The summed E-state index contributed by atoms with van der Waals surface area (Å²) < 4.78 is 1.86. The molecule has 0 fully saturated rings. The minimum absolute atomic E-state index is 0.769. The Kier molecular flexibility index (Phi) is 2.69. The molecular formula is C11H9BrN2S2. The number of hydrogen-bond donors (Lipinski definition) is 1. The van der Waals surface area contributed by atoms with Gasteiger partial charge in [0.05, 0.1) is 4.88 Å². The summed E-state index contributed by atoms with van der Waals surface area (Å²) in [4.78, 5) is 9.02. The molecule has 0 unspecified atom stereocenters. The van der Waals surface area contributed by atoms with Crippen LogP contribution in [0, 0.1) is 4.64 Å². The van der Waals surface area contributed by atoms with Gasteiger partial charge < -0.3 is 4.98 Å². The molecular weight excluding hydrogens is 304 g/mol. The minimum Gasteiger partial charge on any atom is -0.342 e. The molecule has 0 saturated carbocycles. The molecule has 0 aromatic carbocycles. The Labute approximate surface area is 111 Å². The molecule has 1 aliphatic carbocycles.